The Morgan fingerprint density at radius 2 is 1.78 bits per heavy atom. The quantitative estimate of drug-likeness (QED) is 0.171. The van der Waals surface area contributed by atoms with E-state index in [4.69, 9.17) is 4.98 Å². The van der Waals surface area contributed by atoms with Crippen LogP contribution in [0.15, 0.2) is 122 Å². The lowest BCUT2D eigenvalue weighted by molar-refractivity contribution is 0.628. The Bertz CT molecular complexity index is 1960. The van der Waals surface area contributed by atoms with E-state index in [1.165, 1.54) is 12.1 Å². The number of nitrogens with zero attached hydrogens (tertiary/aromatic N) is 3. The fraction of sp³-hybridized carbons (Fsp3) is 0.0294. The van der Waals surface area contributed by atoms with Gasteiger partial charge in [-0.15, -0.1) is 0 Å². The van der Waals surface area contributed by atoms with Gasteiger partial charge in [-0.3, -0.25) is 10.1 Å². The molecule has 0 spiro atoms. The van der Waals surface area contributed by atoms with Crippen LogP contribution in [0.2, 0.25) is 0 Å². The summed E-state index contributed by atoms with van der Waals surface area (Å²) >= 11 is 0. The van der Waals surface area contributed by atoms with Crippen LogP contribution in [0.5, 0.6) is 0 Å². The van der Waals surface area contributed by atoms with Gasteiger partial charge < -0.3 is 10.3 Å². The van der Waals surface area contributed by atoms with Crippen LogP contribution in [0, 0.1) is 5.82 Å². The molecular formula is C34H27FN6. The molecule has 6 nitrogen and oxygen atoms in total. The summed E-state index contributed by atoms with van der Waals surface area (Å²) in [6.45, 7) is 10.1. The molecule has 0 aliphatic heterocycles. The van der Waals surface area contributed by atoms with Crippen molar-refractivity contribution in [2.24, 2.45) is 0 Å². The molecule has 0 aliphatic carbocycles. The van der Waals surface area contributed by atoms with Gasteiger partial charge in [-0.05, 0) is 66.1 Å². The minimum atomic E-state index is -0.277. The largest absolute Gasteiger partial charge is 0.356 e. The van der Waals surface area contributed by atoms with Crippen molar-refractivity contribution in [3.05, 3.63) is 139 Å². The smallest absolute Gasteiger partial charge is 0.135 e. The number of H-pyrrole nitrogens is 2. The van der Waals surface area contributed by atoms with Gasteiger partial charge in [0.05, 0.1) is 28.6 Å². The highest BCUT2D eigenvalue weighted by Crippen LogP contribution is 2.33. The highest BCUT2D eigenvalue weighted by molar-refractivity contribution is 6.00. The average molecular weight is 539 g/mol. The highest BCUT2D eigenvalue weighted by atomic mass is 19.1. The molecule has 0 bridgehead atoms. The zero-order valence-electron chi connectivity index (χ0n) is 22.4. The van der Waals surface area contributed by atoms with Gasteiger partial charge in [-0.2, -0.15) is 5.10 Å². The predicted molar refractivity (Wildman–Crippen MR) is 165 cm³/mol. The average Bonchev–Trinajstić information content (AvgIpc) is 3.64. The van der Waals surface area contributed by atoms with Crippen LogP contribution >= 0.6 is 0 Å². The number of halogens is 1. The number of benzene rings is 2. The maximum absolute atomic E-state index is 13.5. The van der Waals surface area contributed by atoms with Crippen molar-refractivity contribution < 1.29 is 4.39 Å². The van der Waals surface area contributed by atoms with Gasteiger partial charge in [0.1, 0.15) is 17.0 Å². The molecule has 0 saturated carbocycles. The normalized spacial score (nSPS) is 12.1. The molecule has 6 aromatic rings. The lowest BCUT2D eigenvalue weighted by Gasteiger charge is -2.12. The van der Waals surface area contributed by atoms with Gasteiger partial charge in [0.25, 0.3) is 0 Å². The molecule has 3 N–H and O–H groups in total. The van der Waals surface area contributed by atoms with E-state index in [9.17, 15) is 4.39 Å². The summed E-state index contributed by atoms with van der Waals surface area (Å²) in [5, 5.41) is 12.0. The molecule has 4 heterocycles. The summed E-state index contributed by atoms with van der Waals surface area (Å²) in [5.74, 6) is -0.277. The van der Waals surface area contributed by atoms with Crippen molar-refractivity contribution in [1.82, 2.24) is 30.5 Å². The van der Waals surface area contributed by atoms with E-state index in [1.807, 2.05) is 67.6 Å². The van der Waals surface area contributed by atoms with Gasteiger partial charge in [0, 0.05) is 28.5 Å². The molecule has 200 valence electrons. The maximum Gasteiger partial charge on any atom is 0.135 e. The first-order valence-corrected chi connectivity index (χ1v) is 13.1. The first-order chi connectivity index (χ1) is 20.0. The van der Waals surface area contributed by atoms with Gasteiger partial charge in [-0.25, -0.2) is 9.37 Å². The summed E-state index contributed by atoms with van der Waals surface area (Å²) in [6, 6.07) is 22.3. The molecule has 0 amide bonds. The van der Waals surface area contributed by atoms with Crippen LogP contribution in [0.1, 0.15) is 18.2 Å². The number of allylic oxidation sites excluding steroid dienone is 4. The Hall–Kier alpha value is -5.56. The first kappa shape index (κ1) is 25.7. The molecule has 4 aromatic heterocycles. The third-order valence-electron chi connectivity index (χ3n) is 6.92. The van der Waals surface area contributed by atoms with Crippen molar-refractivity contribution in [3.63, 3.8) is 0 Å². The van der Waals surface area contributed by atoms with Crippen LogP contribution in [-0.2, 0) is 0 Å². The maximum atomic E-state index is 13.5. The Morgan fingerprint density at radius 3 is 2.54 bits per heavy atom. The molecule has 0 radical (unpaired) electrons. The number of aromatic amines is 2. The van der Waals surface area contributed by atoms with Crippen LogP contribution in [0.25, 0.3) is 55.7 Å². The zero-order valence-corrected chi connectivity index (χ0v) is 22.4. The van der Waals surface area contributed by atoms with Crippen LogP contribution in [0.4, 0.5) is 4.39 Å². The monoisotopic (exact) mass is 538 g/mol. The van der Waals surface area contributed by atoms with Crippen LogP contribution < -0.4 is 5.32 Å². The molecule has 0 saturated heterocycles. The highest BCUT2D eigenvalue weighted by Gasteiger charge is 2.16. The standard InChI is InChI=1S/C34H27FN6/c1-4-22(17-26(5-2)37-21(3)23-9-7-6-8-10-23)29-15-16-30-33(39-29)34(41-40-30)31-18-27-28(19-36-20-32(27)38-31)24-11-13-25(35)14-12-24/h4-20,37-38H,2-3H2,1H3,(H,40,41)/b22-4+,26-17+. The minimum absolute atomic E-state index is 0.277. The second kappa shape index (κ2) is 10.9. The van der Waals surface area contributed by atoms with Gasteiger partial charge in [-0.1, -0.05) is 61.7 Å². The zero-order chi connectivity index (χ0) is 28.3. The molecule has 0 unspecified atom stereocenters. The summed E-state index contributed by atoms with van der Waals surface area (Å²) < 4.78 is 13.5. The fourth-order valence-corrected chi connectivity index (χ4v) is 4.79. The molecule has 41 heavy (non-hydrogen) atoms. The number of rotatable bonds is 8. The van der Waals surface area contributed by atoms with E-state index < -0.39 is 0 Å². The van der Waals surface area contributed by atoms with Crippen molar-refractivity contribution in [3.8, 4) is 22.5 Å². The first-order valence-electron chi connectivity index (χ1n) is 13.1. The summed E-state index contributed by atoms with van der Waals surface area (Å²) in [7, 11) is 0. The van der Waals surface area contributed by atoms with Gasteiger partial charge in [0.2, 0.25) is 0 Å². The summed E-state index contributed by atoms with van der Waals surface area (Å²) in [6.07, 6.45) is 9.33. The molecular weight excluding hydrogens is 511 g/mol. The summed E-state index contributed by atoms with van der Waals surface area (Å²) in [5.41, 5.74) is 9.99. The Labute approximate surface area is 236 Å². The lowest BCUT2D eigenvalue weighted by atomic mass is 10.0. The molecule has 2 aromatic carbocycles. The third kappa shape index (κ3) is 5.08. The Morgan fingerprint density at radius 1 is 0.976 bits per heavy atom. The van der Waals surface area contributed by atoms with Crippen molar-refractivity contribution >= 4 is 33.2 Å². The Kier molecular flexibility index (Phi) is 6.83. The van der Waals surface area contributed by atoms with Crippen LogP contribution in [-0.4, -0.2) is 25.1 Å². The Balaban J connectivity index is 1.36. The fourth-order valence-electron chi connectivity index (χ4n) is 4.79. The number of hydrogen-bond acceptors (Lipinski definition) is 4. The minimum Gasteiger partial charge on any atom is -0.356 e. The molecule has 7 heteroatoms. The lowest BCUT2D eigenvalue weighted by Crippen LogP contribution is -2.09. The number of hydrogen-bond donors (Lipinski definition) is 3. The van der Waals surface area contributed by atoms with E-state index in [2.05, 4.69) is 38.6 Å². The van der Waals surface area contributed by atoms with Crippen molar-refractivity contribution in [2.75, 3.05) is 0 Å². The second-order valence-electron chi connectivity index (χ2n) is 9.52. The van der Waals surface area contributed by atoms with Crippen molar-refractivity contribution in [2.45, 2.75) is 6.92 Å². The van der Waals surface area contributed by atoms with E-state index >= 15 is 0 Å². The molecule has 0 fully saturated rings. The number of nitrogens with one attached hydrogen (secondary N) is 3. The molecule has 0 atom stereocenters. The number of pyridine rings is 2. The van der Waals surface area contributed by atoms with Gasteiger partial charge in [0.15, 0.2) is 0 Å². The number of fused-ring (bicyclic) bond motifs is 2. The predicted octanol–water partition coefficient (Wildman–Crippen LogP) is 8.04. The number of aromatic nitrogens is 5. The third-order valence-corrected chi connectivity index (χ3v) is 6.92. The van der Waals surface area contributed by atoms with E-state index in [1.54, 1.807) is 30.6 Å². The van der Waals surface area contributed by atoms with E-state index in [0.717, 1.165) is 67.0 Å². The second-order valence-corrected chi connectivity index (χ2v) is 9.52. The van der Waals surface area contributed by atoms with Gasteiger partial charge >= 0.3 is 0 Å². The van der Waals surface area contributed by atoms with Crippen LogP contribution in [0.3, 0.4) is 0 Å². The van der Waals surface area contributed by atoms with Crippen molar-refractivity contribution in [1.29, 1.82) is 0 Å². The van der Waals surface area contributed by atoms with E-state index in [-0.39, 0.29) is 5.82 Å². The molecule has 6 rings (SSSR count). The summed E-state index contributed by atoms with van der Waals surface area (Å²) in [4.78, 5) is 12.8. The van der Waals surface area contributed by atoms with E-state index in [0.29, 0.717) is 5.69 Å². The topological polar surface area (TPSA) is 82.3 Å². The SMILES string of the molecule is C=C/C(=C\C(=C/C)c1ccc2[nH]nc(-c3cc4c(-c5ccc(F)cc5)cncc4[nH]3)c2n1)NC(=C)c1ccccc1. The molecule has 0 aliphatic rings.